The minimum atomic E-state index is -3.53. The molecule has 1 aromatic carbocycles. The molecule has 0 unspecified atom stereocenters. The summed E-state index contributed by atoms with van der Waals surface area (Å²) >= 11 is 0. The van der Waals surface area contributed by atoms with Crippen molar-refractivity contribution >= 4 is 21.8 Å². The molecule has 29 heavy (non-hydrogen) atoms. The fraction of sp³-hybridized carbons (Fsp3) is 0.619. The number of benzene rings is 1. The molecule has 1 aliphatic heterocycles. The largest absolute Gasteiger partial charge is 0.342 e. The molecule has 1 aromatic rings. The lowest BCUT2D eigenvalue weighted by Gasteiger charge is -2.34. The summed E-state index contributed by atoms with van der Waals surface area (Å²) in [6.07, 6.45) is 3.73. The topological polar surface area (TPSA) is 78.0 Å². The normalized spacial score (nSPS) is 17.9. The van der Waals surface area contributed by atoms with Crippen LogP contribution in [0.1, 0.15) is 39.0 Å². The summed E-state index contributed by atoms with van der Waals surface area (Å²) in [5.41, 5.74) is 0. The van der Waals surface area contributed by atoms with Gasteiger partial charge in [0.15, 0.2) is 0 Å². The third-order valence-corrected chi connectivity index (χ3v) is 7.46. The summed E-state index contributed by atoms with van der Waals surface area (Å²) < 4.78 is 26.8. The van der Waals surface area contributed by atoms with Gasteiger partial charge in [-0.2, -0.15) is 4.31 Å². The van der Waals surface area contributed by atoms with Gasteiger partial charge in [-0.15, -0.1) is 0 Å². The first-order valence-electron chi connectivity index (χ1n) is 10.5. The average Bonchev–Trinajstić information content (AvgIpc) is 3.56. The Bertz CT molecular complexity index is 800. The van der Waals surface area contributed by atoms with Gasteiger partial charge in [0.25, 0.3) is 0 Å². The Morgan fingerprint density at radius 3 is 2.28 bits per heavy atom. The first-order chi connectivity index (χ1) is 13.9. The standard InChI is InChI=1S/C21H31N3O4S/c1-2-12-23(17-18-8-9-18)21(26)11-10-20(25)22-13-15-24(16-14-22)29(27,28)19-6-4-3-5-7-19/h3-7,18H,2,8-17H2,1H3. The van der Waals surface area contributed by atoms with Gasteiger partial charge in [0, 0.05) is 52.1 Å². The molecule has 0 radical (unpaired) electrons. The van der Waals surface area contributed by atoms with E-state index in [1.165, 1.54) is 17.1 Å². The van der Waals surface area contributed by atoms with Crippen molar-refractivity contribution < 1.29 is 18.0 Å². The lowest BCUT2D eigenvalue weighted by molar-refractivity contribution is -0.137. The highest BCUT2D eigenvalue weighted by Gasteiger charge is 2.30. The summed E-state index contributed by atoms with van der Waals surface area (Å²) in [6, 6.07) is 8.36. The van der Waals surface area contributed by atoms with E-state index in [2.05, 4.69) is 6.92 Å². The maximum absolute atomic E-state index is 12.7. The molecule has 0 atom stereocenters. The lowest BCUT2D eigenvalue weighted by atomic mass is 10.2. The fourth-order valence-electron chi connectivity index (χ4n) is 3.65. The molecule has 0 spiro atoms. The smallest absolute Gasteiger partial charge is 0.243 e. The molecule has 160 valence electrons. The number of piperazine rings is 1. The summed E-state index contributed by atoms with van der Waals surface area (Å²) in [4.78, 5) is 28.9. The highest BCUT2D eigenvalue weighted by Crippen LogP contribution is 2.30. The van der Waals surface area contributed by atoms with Crippen LogP contribution in [-0.2, 0) is 19.6 Å². The number of carbonyl (C=O) groups is 2. The zero-order valence-corrected chi connectivity index (χ0v) is 17.9. The van der Waals surface area contributed by atoms with Crippen molar-refractivity contribution in [3.63, 3.8) is 0 Å². The number of hydrogen-bond donors (Lipinski definition) is 0. The molecule has 8 heteroatoms. The fourth-order valence-corrected chi connectivity index (χ4v) is 5.09. The lowest BCUT2D eigenvalue weighted by Crippen LogP contribution is -2.50. The van der Waals surface area contributed by atoms with Crippen molar-refractivity contribution in [1.29, 1.82) is 0 Å². The Morgan fingerprint density at radius 2 is 1.69 bits per heavy atom. The first-order valence-corrected chi connectivity index (χ1v) is 12.0. The molecular weight excluding hydrogens is 390 g/mol. The predicted molar refractivity (Wildman–Crippen MR) is 111 cm³/mol. The van der Waals surface area contributed by atoms with Crippen molar-refractivity contribution in [1.82, 2.24) is 14.1 Å². The van der Waals surface area contributed by atoms with Gasteiger partial charge < -0.3 is 9.80 Å². The molecule has 0 bridgehead atoms. The summed E-state index contributed by atoms with van der Waals surface area (Å²) in [6.45, 7) is 4.90. The molecule has 3 rings (SSSR count). The van der Waals surface area contributed by atoms with Crippen LogP contribution in [0, 0.1) is 5.92 Å². The second-order valence-corrected chi connectivity index (χ2v) is 9.82. The van der Waals surface area contributed by atoms with Crippen LogP contribution in [0.15, 0.2) is 35.2 Å². The van der Waals surface area contributed by atoms with E-state index >= 15 is 0 Å². The molecule has 7 nitrogen and oxygen atoms in total. The van der Waals surface area contributed by atoms with Gasteiger partial charge in [-0.25, -0.2) is 8.42 Å². The van der Waals surface area contributed by atoms with Crippen molar-refractivity contribution in [3.8, 4) is 0 Å². The number of amides is 2. The minimum absolute atomic E-state index is 0.0531. The summed E-state index contributed by atoms with van der Waals surface area (Å²) in [7, 11) is -3.53. The van der Waals surface area contributed by atoms with E-state index in [0.717, 1.165) is 19.5 Å². The molecule has 1 aliphatic carbocycles. The number of sulfonamides is 1. The monoisotopic (exact) mass is 421 g/mol. The van der Waals surface area contributed by atoms with Crippen LogP contribution in [-0.4, -0.2) is 73.6 Å². The Kier molecular flexibility index (Phi) is 7.29. The van der Waals surface area contributed by atoms with E-state index in [1.807, 2.05) is 4.90 Å². The quantitative estimate of drug-likeness (QED) is 0.611. The van der Waals surface area contributed by atoms with Crippen molar-refractivity contribution in [2.45, 2.75) is 43.9 Å². The molecular formula is C21H31N3O4S. The van der Waals surface area contributed by atoms with Crippen LogP contribution in [0.25, 0.3) is 0 Å². The van der Waals surface area contributed by atoms with E-state index in [1.54, 1.807) is 35.2 Å². The number of carbonyl (C=O) groups excluding carboxylic acids is 2. The SMILES string of the molecule is CCCN(CC1CC1)C(=O)CCC(=O)N1CCN(S(=O)(=O)c2ccccc2)CC1. The van der Waals surface area contributed by atoms with E-state index in [4.69, 9.17) is 0 Å². The van der Waals surface area contributed by atoms with Gasteiger partial charge in [-0.3, -0.25) is 9.59 Å². The first kappa shape index (κ1) is 21.8. The molecule has 2 fully saturated rings. The molecule has 2 aliphatic rings. The number of rotatable bonds is 9. The van der Waals surface area contributed by atoms with Crippen molar-refractivity contribution in [3.05, 3.63) is 30.3 Å². The van der Waals surface area contributed by atoms with Crippen LogP contribution in [0.3, 0.4) is 0 Å². The van der Waals surface area contributed by atoms with E-state index in [0.29, 0.717) is 19.0 Å². The molecule has 2 amide bonds. The highest BCUT2D eigenvalue weighted by atomic mass is 32.2. The van der Waals surface area contributed by atoms with Crippen LogP contribution in [0.2, 0.25) is 0 Å². The van der Waals surface area contributed by atoms with Crippen LogP contribution in [0.5, 0.6) is 0 Å². The van der Waals surface area contributed by atoms with Gasteiger partial charge in [0.2, 0.25) is 21.8 Å². The molecule has 1 heterocycles. The van der Waals surface area contributed by atoms with Crippen LogP contribution >= 0.6 is 0 Å². The Balaban J connectivity index is 1.46. The minimum Gasteiger partial charge on any atom is -0.342 e. The van der Waals surface area contributed by atoms with Gasteiger partial charge >= 0.3 is 0 Å². The highest BCUT2D eigenvalue weighted by molar-refractivity contribution is 7.89. The van der Waals surface area contributed by atoms with E-state index in [-0.39, 0.29) is 42.6 Å². The van der Waals surface area contributed by atoms with Crippen molar-refractivity contribution in [2.75, 3.05) is 39.3 Å². The van der Waals surface area contributed by atoms with Gasteiger partial charge in [0.1, 0.15) is 0 Å². The molecule has 0 aromatic heterocycles. The Hall–Kier alpha value is -1.93. The Morgan fingerprint density at radius 1 is 1.03 bits per heavy atom. The van der Waals surface area contributed by atoms with Crippen LogP contribution < -0.4 is 0 Å². The van der Waals surface area contributed by atoms with E-state index < -0.39 is 10.0 Å². The van der Waals surface area contributed by atoms with Gasteiger partial charge in [-0.1, -0.05) is 25.1 Å². The molecule has 0 N–H and O–H groups in total. The third-order valence-electron chi connectivity index (χ3n) is 5.55. The van der Waals surface area contributed by atoms with Gasteiger partial charge in [0.05, 0.1) is 4.90 Å². The van der Waals surface area contributed by atoms with Crippen LogP contribution in [0.4, 0.5) is 0 Å². The molecule has 1 saturated carbocycles. The Labute approximate surface area is 173 Å². The average molecular weight is 422 g/mol. The summed E-state index contributed by atoms with van der Waals surface area (Å²) in [5, 5.41) is 0. The maximum Gasteiger partial charge on any atom is 0.243 e. The second-order valence-electron chi connectivity index (χ2n) is 7.88. The number of hydrogen-bond acceptors (Lipinski definition) is 4. The van der Waals surface area contributed by atoms with E-state index in [9.17, 15) is 18.0 Å². The zero-order chi connectivity index (χ0) is 20.9. The number of nitrogens with zero attached hydrogens (tertiary/aromatic N) is 3. The maximum atomic E-state index is 12.7. The summed E-state index contributed by atoms with van der Waals surface area (Å²) in [5.74, 6) is 0.621. The van der Waals surface area contributed by atoms with Gasteiger partial charge in [-0.05, 0) is 37.3 Å². The van der Waals surface area contributed by atoms with Crippen molar-refractivity contribution in [2.24, 2.45) is 5.92 Å². The third kappa shape index (κ3) is 5.79. The molecule has 1 saturated heterocycles. The second kappa shape index (κ2) is 9.71. The predicted octanol–water partition coefficient (Wildman–Crippen LogP) is 1.95. The zero-order valence-electron chi connectivity index (χ0n) is 17.1.